The van der Waals surface area contributed by atoms with Gasteiger partial charge in [0, 0.05) is 26.1 Å². The van der Waals surface area contributed by atoms with E-state index in [1.165, 1.54) is 5.56 Å². The zero-order valence-electron chi connectivity index (χ0n) is 11.5. The van der Waals surface area contributed by atoms with Crippen molar-refractivity contribution in [2.24, 2.45) is 0 Å². The molecule has 1 aliphatic rings. The lowest BCUT2D eigenvalue weighted by Crippen LogP contribution is -2.37. The molecular formula is C13H20N2O3S2. The number of carbonyl (C=O) groups is 1. The largest absolute Gasteiger partial charge is 0.341 e. The Kier molecular flexibility index (Phi) is 5.17. The van der Waals surface area contributed by atoms with Crippen LogP contribution in [0.25, 0.3) is 0 Å². The van der Waals surface area contributed by atoms with Gasteiger partial charge in [-0.15, -0.1) is 0 Å². The van der Waals surface area contributed by atoms with Gasteiger partial charge in [0.25, 0.3) is 0 Å². The van der Waals surface area contributed by atoms with E-state index in [-0.39, 0.29) is 5.91 Å². The number of carbonyl (C=O) groups excluding carboxylic acids is 1. The summed E-state index contributed by atoms with van der Waals surface area (Å²) >= 11 is 1.62. The molecule has 0 aromatic carbocycles. The number of sulfonamides is 1. The van der Waals surface area contributed by atoms with Crippen LogP contribution in [-0.4, -0.2) is 44.1 Å². The summed E-state index contributed by atoms with van der Waals surface area (Å²) in [5.74, 6) is 0.0467. The molecule has 1 fully saturated rings. The van der Waals surface area contributed by atoms with Crippen LogP contribution in [0.15, 0.2) is 16.8 Å². The Morgan fingerprint density at radius 1 is 1.55 bits per heavy atom. The van der Waals surface area contributed by atoms with Crippen LogP contribution < -0.4 is 4.72 Å². The van der Waals surface area contributed by atoms with Crippen LogP contribution in [0.1, 0.15) is 25.3 Å². The third-order valence-corrected chi connectivity index (χ3v) is 6.18. The van der Waals surface area contributed by atoms with E-state index in [9.17, 15) is 13.2 Å². The zero-order chi connectivity index (χ0) is 14.6. The first kappa shape index (κ1) is 15.5. The molecule has 2 heterocycles. The maximum absolute atomic E-state index is 12.1. The smallest absolute Gasteiger partial charge is 0.222 e. The Morgan fingerprint density at radius 2 is 2.35 bits per heavy atom. The lowest BCUT2D eigenvalue weighted by molar-refractivity contribution is -0.130. The van der Waals surface area contributed by atoms with E-state index in [1.54, 1.807) is 23.2 Å². The number of rotatable bonds is 6. The van der Waals surface area contributed by atoms with Gasteiger partial charge >= 0.3 is 0 Å². The number of likely N-dealkylation sites (tertiary alicyclic amines) is 1. The molecule has 112 valence electrons. The van der Waals surface area contributed by atoms with Crippen molar-refractivity contribution in [2.75, 3.05) is 19.6 Å². The number of hydrogen-bond acceptors (Lipinski definition) is 4. The fourth-order valence-electron chi connectivity index (χ4n) is 2.37. The van der Waals surface area contributed by atoms with Gasteiger partial charge in [0.2, 0.25) is 15.9 Å². The molecule has 7 heteroatoms. The van der Waals surface area contributed by atoms with Gasteiger partial charge in [-0.05, 0) is 35.2 Å². The second kappa shape index (κ2) is 6.69. The van der Waals surface area contributed by atoms with Gasteiger partial charge in [-0.25, -0.2) is 13.1 Å². The van der Waals surface area contributed by atoms with Gasteiger partial charge in [0.05, 0.1) is 5.25 Å². The summed E-state index contributed by atoms with van der Waals surface area (Å²) in [5.41, 5.74) is 1.17. The van der Waals surface area contributed by atoms with Crippen molar-refractivity contribution in [3.8, 4) is 0 Å². The molecule has 5 nitrogen and oxygen atoms in total. The van der Waals surface area contributed by atoms with Crippen molar-refractivity contribution in [2.45, 2.75) is 31.4 Å². The number of hydrogen-bond donors (Lipinski definition) is 1. The zero-order valence-corrected chi connectivity index (χ0v) is 13.2. The van der Waals surface area contributed by atoms with Crippen LogP contribution in [0.3, 0.4) is 0 Å². The summed E-state index contributed by atoms with van der Waals surface area (Å²) in [6.45, 7) is 3.01. The van der Waals surface area contributed by atoms with Gasteiger partial charge in [-0.1, -0.05) is 6.92 Å². The summed E-state index contributed by atoms with van der Waals surface area (Å²) in [5, 5.41) is 3.57. The van der Waals surface area contributed by atoms with Crippen LogP contribution in [0.2, 0.25) is 0 Å². The first-order valence-corrected chi connectivity index (χ1v) is 9.29. The number of aryl methyl sites for hydroxylation is 1. The molecule has 1 atom stereocenters. The number of thiophene rings is 1. The maximum atomic E-state index is 12.1. The van der Waals surface area contributed by atoms with E-state index in [1.807, 2.05) is 16.8 Å². The lowest BCUT2D eigenvalue weighted by atomic mass is 10.2. The van der Waals surface area contributed by atoms with Gasteiger partial charge in [0.15, 0.2) is 0 Å². The van der Waals surface area contributed by atoms with E-state index >= 15 is 0 Å². The van der Waals surface area contributed by atoms with Crippen LogP contribution in [0.5, 0.6) is 0 Å². The summed E-state index contributed by atoms with van der Waals surface area (Å²) in [6, 6.07) is 2.01. The molecule has 1 saturated heterocycles. The van der Waals surface area contributed by atoms with Crippen molar-refractivity contribution in [3.05, 3.63) is 22.4 Å². The van der Waals surface area contributed by atoms with Crippen molar-refractivity contribution in [1.82, 2.24) is 9.62 Å². The highest BCUT2D eigenvalue weighted by molar-refractivity contribution is 7.90. The molecular weight excluding hydrogens is 296 g/mol. The Labute approximate surface area is 124 Å². The Morgan fingerprint density at radius 3 is 3.00 bits per heavy atom. The van der Waals surface area contributed by atoms with E-state index in [2.05, 4.69) is 4.72 Å². The minimum atomic E-state index is -3.28. The highest BCUT2D eigenvalue weighted by atomic mass is 32.2. The molecule has 1 aromatic rings. The summed E-state index contributed by atoms with van der Waals surface area (Å²) in [7, 11) is -3.28. The lowest BCUT2D eigenvalue weighted by Gasteiger charge is -2.16. The molecule has 1 amide bonds. The summed E-state index contributed by atoms with van der Waals surface area (Å²) in [6.07, 6.45) is 1.70. The second-order valence-corrected chi connectivity index (χ2v) is 7.75. The monoisotopic (exact) mass is 316 g/mol. The molecule has 1 N–H and O–H groups in total. The Bertz CT molecular complexity index is 540. The predicted molar refractivity (Wildman–Crippen MR) is 80.2 cm³/mol. The second-order valence-electron chi connectivity index (χ2n) is 4.92. The predicted octanol–water partition coefficient (Wildman–Crippen LogP) is 1.22. The molecule has 20 heavy (non-hydrogen) atoms. The SMILES string of the molecule is CCNS(=O)(=O)C1CCN(C(=O)CCc2ccsc2)C1. The third kappa shape index (κ3) is 3.80. The molecule has 0 bridgehead atoms. The van der Waals surface area contributed by atoms with E-state index in [0.717, 1.165) is 6.42 Å². The molecule has 0 aliphatic carbocycles. The maximum Gasteiger partial charge on any atom is 0.222 e. The minimum Gasteiger partial charge on any atom is -0.341 e. The number of nitrogens with zero attached hydrogens (tertiary/aromatic N) is 1. The van der Waals surface area contributed by atoms with E-state index in [4.69, 9.17) is 0 Å². The van der Waals surface area contributed by atoms with Crippen molar-refractivity contribution in [1.29, 1.82) is 0 Å². The average molecular weight is 316 g/mol. The summed E-state index contributed by atoms with van der Waals surface area (Å²) in [4.78, 5) is 13.8. The molecule has 1 aliphatic heterocycles. The molecule has 0 radical (unpaired) electrons. The number of nitrogens with one attached hydrogen (secondary N) is 1. The van der Waals surface area contributed by atoms with Gasteiger partial charge in [-0.2, -0.15) is 11.3 Å². The molecule has 0 spiro atoms. The normalized spacial score (nSPS) is 19.4. The van der Waals surface area contributed by atoms with Crippen molar-refractivity contribution >= 4 is 27.3 Å². The molecule has 0 saturated carbocycles. The van der Waals surface area contributed by atoms with E-state index in [0.29, 0.717) is 32.5 Å². The fraction of sp³-hybridized carbons (Fsp3) is 0.615. The topological polar surface area (TPSA) is 66.5 Å². The van der Waals surface area contributed by atoms with Gasteiger partial charge in [0.1, 0.15) is 0 Å². The molecule has 2 rings (SSSR count). The Balaban J connectivity index is 1.84. The minimum absolute atomic E-state index is 0.0467. The van der Waals surface area contributed by atoms with E-state index < -0.39 is 15.3 Å². The van der Waals surface area contributed by atoms with Gasteiger partial charge < -0.3 is 4.90 Å². The highest BCUT2D eigenvalue weighted by Gasteiger charge is 2.34. The van der Waals surface area contributed by atoms with Crippen LogP contribution in [0.4, 0.5) is 0 Å². The Hall–Kier alpha value is -0.920. The van der Waals surface area contributed by atoms with Crippen molar-refractivity contribution < 1.29 is 13.2 Å². The highest BCUT2D eigenvalue weighted by Crippen LogP contribution is 2.18. The molecule has 1 aromatic heterocycles. The van der Waals surface area contributed by atoms with Gasteiger partial charge in [-0.3, -0.25) is 4.79 Å². The van der Waals surface area contributed by atoms with Crippen LogP contribution in [0, 0.1) is 0 Å². The number of amides is 1. The standard InChI is InChI=1S/C13H20N2O3S2/c1-2-14-20(17,18)12-5-7-15(9-12)13(16)4-3-11-6-8-19-10-11/h6,8,10,12,14H,2-5,7,9H2,1H3. The fourth-order valence-corrected chi connectivity index (χ4v) is 4.50. The average Bonchev–Trinajstić information content (AvgIpc) is 3.07. The van der Waals surface area contributed by atoms with Crippen LogP contribution >= 0.6 is 11.3 Å². The third-order valence-electron chi connectivity index (χ3n) is 3.49. The first-order valence-electron chi connectivity index (χ1n) is 6.80. The van der Waals surface area contributed by atoms with Crippen LogP contribution in [-0.2, 0) is 21.2 Å². The molecule has 1 unspecified atom stereocenters. The first-order chi connectivity index (χ1) is 9.53. The van der Waals surface area contributed by atoms with Crippen molar-refractivity contribution in [3.63, 3.8) is 0 Å². The quantitative estimate of drug-likeness (QED) is 0.858. The summed E-state index contributed by atoms with van der Waals surface area (Å²) < 4.78 is 26.3.